The smallest absolute Gasteiger partial charge is 0.105 e. The number of hydrogen-bond acceptors (Lipinski definition) is 3. The van der Waals surface area contributed by atoms with Crippen LogP contribution in [0.2, 0.25) is 0 Å². The molecule has 3 heteroatoms. The molecule has 0 spiro atoms. The fraction of sp³-hybridized carbons (Fsp3) is 0.750. The Morgan fingerprint density at radius 2 is 2.16 bits per heavy atom. The molecule has 1 saturated carbocycles. The van der Waals surface area contributed by atoms with Gasteiger partial charge in [0.25, 0.3) is 0 Å². The molecular weight excluding hydrogens is 236 g/mol. The van der Waals surface area contributed by atoms with Gasteiger partial charge in [-0.3, -0.25) is 4.90 Å². The first-order valence-corrected chi connectivity index (χ1v) is 7.71. The highest BCUT2D eigenvalue weighted by Gasteiger charge is 2.35. The zero-order valence-corrected chi connectivity index (χ0v) is 12.4. The maximum Gasteiger partial charge on any atom is 0.105 e. The van der Waals surface area contributed by atoms with Gasteiger partial charge >= 0.3 is 0 Å². The quantitative estimate of drug-likeness (QED) is 0.883. The third-order valence-corrected chi connectivity index (χ3v) is 4.64. The Kier molecular flexibility index (Phi) is 3.68. The molecule has 2 atom stereocenters. The topological polar surface area (TPSA) is 28.4 Å². The predicted molar refractivity (Wildman–Crippen MR) is 77.3 cm³/mol. The van der Waals surface area contributed by atoms with Crippen LogP contribution in [0.25, 0.3) is 0 Å². The van der Waals surface area contributed by atoms with Crippen molar-refractivity contribution >= 4 is 0 Å². The highest BCUT2D eigenvalue weighted by Crippen LogP contribution is 2.36. The monoisotopic (exact) mass is 262 g/mol. The number of hydrogen-bond donors (Lipinski definition) is 1. The van der Waals surface area contributed by atoms with Crippen LogP contribution in [0.1, 0.15) is 55.7 Å². The molecule has 1 saturated heterocycles. The van der Waals surface area contributed by atoms with Crippen molar-refractivity contribution in [3.05, 3.63) is 23.2 Å². The summed E-state index contributed by atoms with van der Waals surface area (Å²) >= 11 is 0. The molecule has 3 rings (SSSR count). The molecule has 0 radical (unpaired) electrons. The summed E-state index contributed by atoms with van der Waals surface area (Å²) in [4.78, 5) is 2.69. The van der Waals surface area contributed by atoms with Gasteiger partial charge in [-0.1, -0.05) is 0 Å². The summed E-state index contributed by atoms with van der Waals surface area (Å²) < 4.78 is 5.71. The van der Waals surface area contributed by atoms with Crippen LogP contribution >= 0.6 is 0 Å². The normalized spacial score (nSPS) is 25.2. The fourth-order valence-corrected chi connectivity index (χ4v) is 3.44. The average Bonchev–Trinajstić information content (AvgIpc) is 2.97. The first kappa shape index (κ1) is 13.2. The molecular formula is C16H26N2O. The Morgan fingerprint density at radius 1 is 1.37 bits per heavy atom. The number of aryl methyl sites for hydroxylation is 2. The van der Waals surface area contributed by atoms with Crippen LogP contribution in [-0.4, -0.2) is 30.1 Å². The lowest BCUT2D eigenvalue weighted by Gasteiger charge is -2.31. The van der Waals surface area contributed by atoms with E-state index >= 15 is 0 Å². The van der Waals surface area contributed by atoms with Gasteiger partial charge in [-0.05, 0) is 59.1 Å². The van der Waals surface area contributed by atoms with Gasteiger partial charge in [0, 0.05) is 30.2 Å². The molecule has 0 aromatic carbocycles. The largest absolute Gasteiger partial charge is 0.466 e. The summed E-state index contributed by atoms with van der Waals surface area (Å²) in [5.41, 5.74) is 1.38. The van der Waals surface area contributed by atoms with Gasteiger partial charge in [0.15, 0.2) is 0 Å². The lowest BCUT2D eigenvalue weighted by atomic mass is 10.1. The number of rotatable bonds is 5. The van der Waals surface area contributed by atoms with Gasteiger partial charge in [-0.2, -0.15) is 0 Å². The molecule has 1 aromatic heterocycles. The molecule has 2 unspecified atom stereocenters. The van der Waals surface area contributed by atoms with E-state index in [0.29, 0.717) is 12.1 Å². The third-order valence-electron chi connectivity index (χ3n) is 4.64. The molecule has 2 fully saturated rings. The number of nitrogens with zero attached hydrogens (tertiary/aromatic N) is 1. The molecule has 19 heavy (non-hydrogen) atoms. The van der Waals surface area contributed by atoms with Gasteiger partial charge in [0.2, 0.25) is 0 Å². The molecule has 106 valence electrons. The Bertz CT molecular complexity index is 430. The summed E-state index contributed by atoms with van der Waals surface area (Å²) in [6.07, 6.45) is 5.40. The van der Waals surface area contributed by atoms with Crippen molar-refractivity contribution in [2.75, 3.05) is 13.1 Å². The second kappa shape index (κ2) is 5.29. The van der Waals surface area contributed by atoms with Crippen molar-refractivity contribution in [1.82, 2.24) is 10.2 Å². The molecule has 1 aliphatic heterocycles. The lowest BCUT2D eigenvalue weighted by Crippen LogP contribution is -2.40. The first-order chi connectivity index (χ1) is 9.15. The van der Waals surface area contributed by atoms with Crippen molar-refractivity contribution in [3.63, 3.8) is 0 Å². The van der Waals surface area contributed by atoms with E-state index in [1.807, 2.05) is 6.92 Å². The minimum absolute atomic E-state index is 0.479. The van der Waals surface area contributed by atoms with Gasteiger partial charge in [0.1, 0.15) is 11.5 Å². The van der Waals surface area contributed by atoms with E-state index < -0.39 is 0 Å². The van der Waals surface area contributed by atoms with E-state index in [1.54, 1.807) is 0 Å². The van der Waals surface area contributed by atoms with Crippen molar-refractivity contribution < 1.29 is 4.42 Å². The Morgan fingerprint density at radius 3 is 2.68 bits per heavy atom. The highest BCUT2D eigenvalue weighted by molar-refractivity contribution is 5.24. The molecule has 2 aliphatic rings. The van der Waals surface area contributed by atoms with Gasteiger partial charge in [0.05, 0.1) is 0 Å². The van der Waals surface area contributed by atoms with E-state index in [1.165, 1.54) is 44.3 Å². The number of nitrogens with one attached hydrogen (secondary N) is 1. The average molecular weight is 262 g/mol. The lowest BCUT2D eigenvalue weighted by molar-refractivity contribution is 0.181. The number of furan rings is 1. The van der Waals surface area contributed by atoms with Crippen LogP contribution in [0.3, 0.4) is 0 Å². The highest BCUT2D eigenvalue weighted by atomic mass is 16.3. The third kappa shape index (κ3) is 2.87. The van der Waals surface area contributed by atoms with E-state index in [0.717, 1.165) is 17.6 Å². The van der Waals surface area contributed by atoms with Crippen LogP contribution in [-0.2, 0) is 0 Å². The predicted octanol–water partition coefficient (Wildman–Crippen LogP) is 3.17. The zero-order valence-electron chi connectivity index (χ0n) is 12.4. The minimum atomic E-state index is 0.479. The summed E-state index contributed by atoms with van der Waals surface area (Å²) in [7, 11) is 0. The van der Waals surface area contributed by atoms with Crippen LogP contribution in [0.15, 0.2) is 10.5 Å². The van der Waals surface area contributed by atoms with Gasteiger partial charge < -0.3 is 9.73 Å². The molecule has 0 bridgehead atoms. The zero-order chi connectivity index (χ0) is 13.4. The van der Waals surface area contributed by atoms with Gasteiger partial charge in [-0.15, -0.1) is 0 Å². The Balaban J connectivity index is 1.73. The van der Waals surface area contributed by atoms with Gasteiger partial charge in [-0.25, -0.2) is 0 Å². The standard InChI is InChI=1S/C16H26N2O/c1-11-9-16(13(3)19-11)12(2)18(15-6-7-15)10-14-5-4-8-17-14/h9,12,14-15,17H,4-8,10H2,1-3H3. The van der Waals surface area contributed by atoms with E-state index in [9.17, 15) is 0 Å². The van der Waals surface area contributed by atoms with E-state index in [2.05, 4.69) is 30.1 Å². The maximum absolute atomic E-state index is 5.71. The Labute approximate surface area is 116 Å². The molecule has 1 N–H and O–H groups in total. The van der Waals surface area contributed by atoms with E-state index in [4.69, 9.17) is 4.42 Å². The van der Waals surface area contributed by atoms with Crippen LogP contribution in [0, 0.1) is 13.8 Å². The summed E-state index contributed by atoms with van der Waals surface area (Å²) in [6.45, 7) is 8.86. The fourth-order valence-electron chi connectivity index (χ4n) is 3.44. The summed E-state index contributed by atoms with van der Waals surface area (Å²) in [5.74, 6) is 2.13. The molecule has 1 aromatic rings. The summed E-state index contributed by atoms with van der Waals surface area (Å²) in [6, 6.07) is 4.19. The van der Waals surface area contributed by atoms with Crippen molar-refractivity contribution in [2.45, 2.75) is 64.6 Å². The van der Waals surface area contributed by atoms with Crippen LogP contribution in [0.4, 0.5) is 0 Å². The molecule has 0 amide bonds. The first-order valence-electron chi connectivity index (χ1n) is 7.71. The van der Waals surface area contributed by atoms with Crippen molar-refractivity contribution in [2.24, 2.45) is 0 Å². The van der Waals surface area contributed by atoms with Crippen LogP contribution < -0.4 is 5.32 Å². The minimum Gasteiger partial charge on any atom is -0.466 e. The van der Waals surface area contributed by atoms with E-state index in [-0.39, 0.29) is 0 Å². The summed E-state index contributed by atoms with van der Waals surface area (Å²) in [5, 5.41) is 3.63. The van der Waals surface area contributed by atoms with Crippen molar-refractivity contribution in [3.8, 4) is 0 Å². The molecule has 3 nitrogen and oxygen atoms in total. The Hall–Kier alpha value is -0.800. The second-order valence-corrected chi connectivity index (χ2v) is 6.27. The maximum atomic E-state index is 5.71. The molecule has 1 aliphatic carbocycles. The SMILES string of the molecule is Cc1cc(C(C)N(CC2CCCN2)C2CC2)c(C)o1. The van der Waals surface area contributed by atoms with Crippen LogP contribution in [0.5, 0.6) is 0 Å². The second-order valence-electron chi connectivity index (χ2n) is 6.27. The molecule has 2 heterocycles. The van der Waals surface area contributed by atoms with Crippen molar-refractivity contribution in [1.29, 1.82) is 0 Å².